The highest BCUT2D eigenvalue weighted by atomic mass is 19.4. The molecule has 0 aliphatic carbocycles. The number of carbonyl (C=O) groups is 1. The normalized spacial score (nSPS) is 11.8. The van der Waals surface area contributed by atoms with Gasteiger partial charge in [0.1, 0.15) is 5.82 Å². The predicted octanol–water partition coefficient (Wildman–Crippen LogP) is 1.06. The number of carbonyl (C=O) groups excluding carboxylic acids is 1. The second kappa shape index (κ2) is 3.00. The summed E-state index contributed by atoms with van der Waals surface area (Å²) in [5, 5.41) is 3.62. The zero-order valence-corrected chi connectivity index (χ0v) is 7.51. The number of Topliss-reactive ketones (excluding diaryl/α,β-unsaturated/α-hetero) is 1. The van der Waals surface area contributed by atoms with Gasteiger partial charge in [-0.1, -0.05) is 0 Å². The first-order valence-electron chi connectivity index (χ1n) is 3.65. The third-order valence-corrected chi connectivity index (χ3v) is 1.75. The molecule has 0 fully saturated rings. The molecule has 1 aromatic heterocycles. The molecule has 0 saturated carbocycles. The van der Waals surface area contributed by atoms with Crippen molar-refractivity contribution in [3.63, 3.8) is 0 Å². The van der Waals surface area contributed by atoms with Crippen molar-refractivity contribution in [2.75, 3.05) is 5.73 Å². The van der Waals surface area contributed by atoms with Crippen LogP contribution < -0.4 is 5.73 Å². The lowest BCUT2D eigenvalue weighted by atomic mass is 10.1. The van der Waals surface area contributed by atoms with E-state index in [-0.39, 0.29) is 11.5 Å². The Labute approximate surface area is 77.5 Å². The molecule has 14 heavy (non-hydrogen) atoms. The van der Waals surface area contributed by atoms with Crippen molar-refractivity contribution >= 4 is 11.6 Å². The quantitative estimate of drug-likeness (QED) is 0.700. The molecule has 0 unspecified atom stereocenters. The molecule has 0 radical (unpaired) electrons. The molecular weight excluding hydrogens is 199 g/mol. The summed E-state index contributed by atoms with van der Waals surface area (Å²) in [5.74, 6) is -2.23. The molecule has 0 spiro atoms. The second-order valence-corrected chi connectivity index (χ2v) is 2.80. The number of nitrogens with zero attached hydrogens (tertiary/aromatic N) is 2. The van der Waals surface area contributed by atoms with Gasteiger partial charge in [-0.05, 0) is 6.92 Å². The van der Waals surface area contributed by atoms with E-state index in [2.05, 4.69) is 5.10 Å². The standard InChI is InChI=1S/C7H8F3N3O/c1-3-4(5(14)7(8,9)10)6(11)13(2)12-3/h11H2,1-2H3. The third kappa shape index (κ3) is 1.57. The zero-order chi connectivity index (χ0) is 11.1. The van der Waals surface area contributed by atoms with Crippen LogP contribution >= 0.6 is 0 Å². The molecule has 0 saturated heterocycles. The van der Waals surface area contributed by atoms with E-state index >= 15 is 0 Å². The summed E-state index contributed by atoms with van der Waals surface area (Å²) < 4.78 is 37.2. The number of rotatable bonds is 1. The number of nitrogens with two attached hydrogens (primary N) is 1. The Morgan fingerprint density at radius 3 is 2.29 bits per heavy atom. The van der Waals surface area contributed by atoms with Gasteiger partial charge in [-0.25, -0.2) is 0 Å². The maximum Gasteiger partial charge on any atom is 0.455 e. The molecule has 1 rings (SSSR count). The number of alkyl halides is 3. The number of hydrogen-bond donors (Lipinski definition) is 1. The van der Waals surface area contributed by atoms with Gasteiger partial charge in [-0.2, -0.15) is 18.3 Å². The van der Waals surface area contributed by atoms with Crippen LogP contribution in [0.1, 0.15) is 16.1 Å². The van der Waals surface area contributed by atoms with Crippen LogP contribution in [0, 0.1) is 6.92 Å². The number of halogens is 3. The number of hydrogen-bond acceptors (Lipinski definition) is 3. The van der Waals surface area contributed by atoms with Crippen LogP contribution in [0.4, 0.5) is 19.0 Å². The Bertz CT molecular complexity index is 380. The minimum atomic E-state index is -4.91. The molecule has 0 aliphatic rings. The van der Waals surface area contributed by atoms with Crippen LogP contribution in [-0.4, -0.2) is 21.7 Å². The third-order valence-electron chi connectivity index (χ3n) is 1.75. The van der Waals surface area contributed by atoms with Crippen LogP contribution in [-0.2, 0) is 7.05 Å². The Balaban J connectivity index is 3.27. The summed E-state index contributed by atoms with van der Waals surface area (Å²) in [4.78, 5) is 10.9. The average Bonchev–Trinajstić information content (AvgIpc) is 2.24. The summed E-state index contributed by atoms with van der Waals surface area (Å²) >= 11 is 0. The predicted molar refractivity (Wildman–Crippen MR) is 42.7 cm³/mol. The van der Waals surface area contributed by atoms with Crippen molar-refractivity contribution in [3.8, 4) is 0 Å². The largest absolute Gasteiger partial charge is 0.455 e. The zero-order valence-electron chi connectivity index (χ0n) is 7.51. The van der Waals surface area contributed by atoms with Gasteiger partial charge in [-0.15, -0.1) is 0 Å². The molecule has 78 valence electrons. The van der Waals surface area contributed by atoms with Crippen molar-refractivity contribution in [2.45, 2.75) is 13.1 Å². The number of ketones is 1. The van der Waals surface area contributed by atoms with Gasteiger partial charge in [-0.3, -0.25) is 9.48 Å². The lowest BCUT2D eigenvalue weighted by Gasteiger charge is -2.04. The van der Waals surface area contributed by atoms with Crippen LogP contribution in [0.15, 0.2) is 0 Å². The monoisotopic (exact) mass is 207 g/mol. The van der Waals surface area contributed by atoms with E-state index in [1.54, 1.807) is 0 Å². The van der Waals surface area contributed by atoms with Crippen molar-refractivity contribution in [1.29, 1.82) is 0 Å². The van der Waals surface area contributed by atoms with Crippen LogP contribution in [0.3, 0.4) is 0 Å². The first-order valence-corrected chi connectivity index (χ1v) is 3.65. The fourth-order valence-electron chi connectivity index (χ4n) is 1.10. The Morgan fingerprint density at radius 1 is 1.50 bits per heavy atom. The first kappa shape index (κ1) is 10.6. The Kier molecular flexibility index (Phi) is 2.26. The maximum atomic E-state index is 12.1. The van der Waals surface area contributed by atoms with Gasteiger partial charge < -0.3 is 5.73 Å². The van der Waals surface area contributed by atoms with E-state index in [4.69, 9.17) is 5.73 Å². The van der Waals surface area contributed by atoms with E-state index in [0.717, 1.165) is 4.68 Å². The van der Waals surface area contributed by atoms with E-state index < -0.39 is 17.5 Å². The molecule has 4 nitrogen and oxygen atoms in total. The van der Waals surface area contributed by atoms with Gasteiger partial charge in [0.2, 0.25) is 0 Å². The first-order chi connectivity index (χ1) is 6.25. The topological polar surface area (TPSA) is 60.9 Å². The fraction of sp³-hybridized carbons (Fsp3) is 0.429. The van der Waals surface area contributed by atoms with E-state index in [1.807, 2.05) is 0 Å². The van der Waals surface area contributed by atoms with E-state index in [9.17, 15) is 18.0 Å². The second-order valence-electron chi connectivity index (χ2n) is 2.80. The van der Waals surface area contributed by atoms with Gasteiger partial charge in [0, 0.05) is 7.05 Å². The fourth-order valence-corrected chi connectivity index (χ4v) is 1.10. The van der Waals surface area contributed by atoms with Crippen LogP contribution in [0.5, 0.6) is 0 Å². The molecule has 0 bridgehead atoms. The van der Waals surface area contributed by atoms with Crippen molar-refractivity contribution in [1.82, 2.24) is 9.78 Å². The van der Waals surface area contributed by atoms with Gasteiger partial charge in [0.15, 0.2) is 0 Å². The van der Waals surface area contributed by atoms with Crippen LogP contribution in [0.2, 0.25) is 0 Å². The lowest BCUT2D eigenvalue weighted by Crippen LogP contribution is -2.24. The highest BCUT2D eigenvalue weighted by Crippen LogP contribution is 2.26. The highest BCUT2D eigenvalue weighted by molar-refractivity contribution is 6.04. The molecule has 0 amide bonds. The maximum absolute atomic E-state index is 12.1. The van der Waals surface area contributed by atoms with Gasteiger partial charge >= 0.3 is 6.18 Å². The molecule has 2 N–H and O–H groups in total. The summed E-state index contributed by atoms with van der Waals surface area (Å²) in [7, 11) is 1.37. The molecule has 0 aromatic carbocycles. The summed E-state index contributed by atoms with van der Waals surface area (Å²) in [6, 6.07) is 0. The lowest BCUT2D eigenvalue weighted by molar-refractivity contribution is -0.0885. The number of nitrogen functional groups attached to an aromatic ring is 1. The number of aryl methyl sites for hydroxylation is 2. The number of aromatic nitrogens is 2. The Morgan fingerprint density at radius 2 is 2.00 bits per heavy atom. The molecular formula is C7H8F3N3O. The minimum absolute atomic E-state index is 0.0210. The summed E-state index contributed by atoms with van der Waals surface area (Å²) in [6.07, 6.45) is -4.91. The van der Waals surface area contributed by atoms with Gasteiger partial charge in [0.25, 0.3) is 5.78 Å². The average molecular weight is 207 g/mol. The Hall–Kier alpha value is -1.53. The van der Waals surface area contributed by atoms with Crippen molar-refractivity contribution in [2.24, 2.45) is 7.05 Å². The smallest absolute Gasteiger partial charge is 0.383 e. The molecule has 0 atom stereocenters. The van der Waals surface area contributed by atoms with Gasteiger partial charge in [0.05, 0.1) is 11.3 Å². The summed E-state index contributed by atoms with van der Waals surface area (Å²) in [6.45, 7) is 1.30. The molecule has 0 aliphatic heterocycles. The SMILES string of the molecule is Cc1nn(C)c(N)c1C(=O)C(F)(F)F. The minimum Gasteiger partial charge on any atom is -0.383 e. The van der Waals surface area contributed by atoms with Crippen molar-refractivity contribution in [3.05, 3.63) is 11.3 Å². The number of anilines is 1. The van der Waals surface area contributed by atoms with Crippen molar-refractivity contribution < 1.29 is 18.0 Å². The molecule has 1 aromatic rings. The van der Waals surface area contributed by atoms with E-state index in [1.165, 1.54) is 14.0 Å². The molecule has 7 heteroatoms. The highest BCUT2D eigenvalue weighted by Gasteiger charge is 2.42. The summed E-state index contributed by atoms with van der Waals surface area (Å²) in [5.41, 5.74) is 4.69. The van der Waals surface area contributed by atoms with Crippen LogP contribution in [0.25, 0.3) is 0 Å². The molecule has 1 heterocycles. The van der Waals surface area contributed by atoms with E-state index in [0.29, 0.717) is 0 Å².